The predicted molar refractivity (Wildman–Crippen MR) is 48.9 cm³/mol. The fourth-order valence-electron chi connectivity index (χ4n) is 0.612. The van der Waals surface area contributed by atoms with Gasteiger partial charge in [0.25, 0.3) is 0 Å². The molecular weight excluding hydrogens is 213 g/mol. The van der Waals surface area contributed by atoms with Gasteiger partial charge >= 0.3 is 0 Å². The summed E-state index contributed by atoms with van der Waals surface area (Å²) in [6.45, 7) is 10.1. The Balaban J connectivity index is -0.0000000817. The SMILES string of the molecule is C.C.C[C-](C)OC(C)(C)C.[Y]. The quantitative estimate of drug-likeness (QED) is 0.631. The predicted octanol–water partition coefficient (Wildman–Crippen LogP) is 3.64. The largest absolute Gasteiger partial charge is 0.545 e. The molecule has 1 radical (unpaired) electrons. The van der Waals surface area contributed by atoms with Crippen LogP contribution in [0.5, 0.6) is 0 Å². The first-order valence-electron chi connectivity index (χ1n) is 2.91. The van der Waals surface area contributed by atoms with Gasteiger partial charge in [-0.1, -0.05) is 14.9 Å². The van der Waals surface area contributed by atoms with E-state index in [0.717, 1.165) is 6.10 Å². The zero-order valence-electron chi connectivity index (χ0n) is 6.99. The molecule has 0 saturated heterocycles. The first-order chi connectivity index (χ1) is 3.42. The fraction of sp³-hybridized carbons (Fsp3) is 0.889. The van der Waals surface area contributed by atoms with Gasteiger partial charge in [-0.15, -0.1) is 0 Å². The number of hydrogen-bond acceptors (Lipinski definition) is 1. The zero-order valence-corrected chi connectivity index (χ0v) is 9.82. The van der Waals surface area contributed by atoms with Gasteiger partial charge < -0.3 is 4.74 Å². The van der Waals surface area contributed by atoms with Gasteiger partial charge in [0.2, 0.25) is 0 Å². The summed E-state index contributed by atoms with van der Waals surface area (Å²) < 4.78 is 5.35. The van der Waals surface area contributed by atoms with Crippen LogP contribution >= 0.6 is 0 Å². The number of hydrogen-bond donors (Lipinski definition) is 0. The van der Waals surface area contributed by atoms with Crippen LogP contribution in [0.3, 0.4) is 0 Å². The normalized spacial score (nSPS) is 9.27. The Kier molecular flexibility index (Phi) is 18.9. The van der Waals surface area contributed by atoms with Crippen LogP contribution in [-0.4, -0.2) is 5.60 Å². The second-order valence-electron chi connectivity index (χ2n) is 3.12. The molecule has 0 aromatic rings. The van der Waals surface area contributed by atoms with Crippen LogP contribution in [0.1, 0.15) is 49.5 Å². The van der Waals surface area contributed by atoms with Gasteiger partial charge in [0.05, 0.1) is 0 Å². The molecule has 0 aliphatic carbocycles. The second kappa shape index (κ2) is 9.15. The molecule has 0 spiro atoms. The first-order valence-corrected chi connectivity index (χ1v) is 2.91. The Labute approximate surface area is 98.2 Å². The van der Waals surface area contributed by atoms with Crippen molar-refractivity contribution in [3.05, 3.63) is 6.10 Å². The topological polar surface area (TPSA) is 9.23 Å². The van der Waals surface area contributed by atoms with Gasteiger partial charge in [0.1, 0.15) is 0 Å². The van der Waals surface area contributed by atoms with E-state index in [1.165, 1.54) is 0 Å². The molecule has 0 amide bonds. The van der Waals surface area contributed by atoms with Crippen LogP contribution in [0.15, 0.2) is 0 Å². The molecule has 0 aromatic carbocycles. The Morgan fingerprint density at radius 3 is 1.27 bits per heavy atom. The molecule has 69 valence electrons. The van der Waals surface area contributed by atoms with Crippen LogP contribution < -0.4 is 0 Å². The summed E-state index contributed by atoms with van der Waals surface area (Å²) in [5.74, 6) is 0. The molecule has 11 heavy (non-hydrogen) atoms. The third kappa shape index (κ3) is 24.7. The maximum absolute atomic E-state index is 5.35. The third-order valence-electron chi connectivity index (χ3n) is 0.510. The molecule has 0 aliphatic heterocycles. The summed E-state index contributed by atoms with van der Waals surface area (Å²) in [7, 11) is 0. The van der Waals surface area contributed by atoms with Crippen molar-refractivity contribution in [1.82, 2.24) is 0 Å². The summed E-state index contributed by atoms with van der Waals surface area (Å²) in [6.07, 6.45) is 1.03. The van der Waals surface area contributed by atoms with E-state index in [9.17, 15) is 0 Å². The Hall–Kier alpha value is 1.06. The van der Waals surface area contributed by atoms with Crippen LogP contribution in [-0.2, 0) is 37.4 Å². The summed E-state index contributed by atoms with van der Waals surface area (Å²) in [6, 6.07) is 0. The van der Waals surface area contributed by atoms with E-state index >= 15 is 0 Å². The standard InChI is InChI=1S/C7H15O.2CH4.Y/c1-6(2)8-7(3,4)5;;;/h1-5H3;2*1H4;/q-1;;;. The molecular formula is C9H23OY-. The molecule has 0 bridgehead atoms. The van der Waals surface area contributed by atoms with Crippen LogP contribution in [0.4, 0.5) is 0 Å². The smallest absolute Gasteiger partial charge is 0.0262 e. The van der Waals surface area contributed by atoms with Crippen molar-refractivity contribution in [3.63, 3.8) is 0 Å². The summed E-state index contributed by atoms with van der Waals surface area (Å²) in [5, 5.41) is 0. The molecule has 2 heteroatoms. The molecule has 0 aliphatic rings. The first kappa shape index (κ1) is 22.7. The maximum Gasteiger partial charge on any atom is 0.0262 e. The number of ether oxygens (including phenoxy) is 1. The van der Waals surface area contributed by atoms with Gasteiger partial charge in [-0.2, -0.15) is 13.8 Å². The van der Waals surface area contributed by atoms with Gasteiger partial charge in [-0.3, -0.25) is 0 Å². The Bertz CT molecular complexity index is 64.5. The molecule has 0 saturated carbocycles. The minimum absolute atomic E-state index is 0. The van der Waals surface area contributed by atoms with Gasteiger partial charge in [0, 0.05) is 38.3 Å². The van der Waals surface area contributed by atoms with E-state index in [1.807, 2.05) is 34.6 Å². The molecule has 0 rings (SSSR count). The molecule has 0 aromatic heterocycles. The van der Waals surface area contributed by atoms with E-state index in [-0.39, 0.29) is 53.2 Å². The molecule has 0 fully saturated rings. The van der Waals surface area contributed by atoms with Crippen molar-refractivity contribution in [2.24, 2.45) is 0 Å². The van der Waals surface area contributed by atoms with Gasteiger partial charge in [0.15, 0.2) is 0 Å². The average molecular weight is 236 g/mol. The van der Waals surface area contributed by atoms with Crippen molar-refractivity contribution in [3.8, 4) is 0 Å². The second-order valence-corrected chi connectivity index (χ2v) is 3.12. The molecule has 1 nitrogen and oxygen atoms in total. The molecule has 0 N–H and O–H groups in total. The van der Waals surface area contributed by atoms with Crippen molar-refractivity contribution in [1.29, 1.82) is 0 Å². The van der Waals surface area contributed by atoms with E-state index < -0.39 is 0 Å². The van der Waals surface area contributed by atoms with Crippen LogP contribution in [0, 0.1) is 6.10 Å². The van der Waals surface area contributed by atoms with Crippen LogP contribution in [0.25, 0.3) is 0 Å². The van der Waals surface area contributed by atoms with Crippen molar-refractivity contribution >= 4 is 0 Å². The summed E-state index contributed by atoms with van der Waals surface area (Å²) >= 11 is 0. The van der Waals surface area contributed by atoms with Gasteiger partial charge in [-0.05, 0) is 20.8 Å². The fourth-order valence-corrected chi connectivity index (χ4v) is 0.612. The zero-order chi connectivity index (χ0) is 6.78. The third-order valence-corrected chi connectivity index (χ3v) is 0.510. The molecule has 0 heterocycles. The summed E-state index contributed by atoms with van der Waals surface area (Å²) in [5.41, 5.74) is -0.0150. The van der Waals surface area contributed by atoms with Crippen molar-refractivity contribution in [2.45, 2.75) is 55.1 Å². The van der Waals surface area contributed by atoms with Crippen molar-refractivity contribution in [2.75, 3.05) is 0 Å². The van der Waals surface area contributed by atoms with E-state index in [2.05, 4.69) is 0 Å². The Morgan fingerprint density at radius 2 is 1.27 bits per heavy atom. The van der Waals surface area contributed by atoms with E-state index in [4.69, 9.17) is 4.74 Å². The van der Waals surface area contributed by atoms with Crippen molar-refractivity contribution < 1.29 is 37.4 Å². The average Bonchev–Trinajstić information content (AvgIpc) is 1.21. The van der Waals surface area contributed by atoms with E-state index in [1.54, 1.807) is 0 Å². The minimum Gasteiger partial charge on any atom is -0.545 e. The molecule has 0 unspecified atom stereocenters. The number of rotatable bonds is 1. The van der Waals surface area contributed by atoms with Crippen LogP contribution in [0.2, 0.25) is 0 Å². The molecule has 0 atom stereocenters. The van der Waals surface area contributed by atoms with Gasteiger partial charge in [-0.25, -0.2) is 6.10 Å². The minimum atomic E-state index is -0.0150. The summed E-state index contributed by atoms with van der Waals surface area (Å²) in [4.78, 5) is 0. The van der Waals surface area contributed by atoms with E-state index in [0.29, 0.717) is 0 Å². The maximum atomic E-state index is 5.35. The Morgan fingerprint density at radius 1 is 1.00 bits per heavy atom. The monoisotopic (exact) mass is 236 g/mol.